The number of aryl methyl sites for hydroxylation is 2. The van der Waals surface area contributed by atoms with Crippen LogP contribution in [0.3, 0.4) is 0 Å². The molecule has 0 unspecified atom stereocenters. The standard InChI is InChI=1S/C28H27NO3/c1-2-20-7-12-25(29-19-20)15-16-32-27-13-8-21(9-14-28(30)31)17-26(27)24-11-10-22-5-3-4-6-23(22)18-24/h3-8,10-13,17-19H,2,9,14-16H2,1H3,(H,30,31). The largest absolute Gasteiger partial charge is 0.493 e. The lowest BCUT2D eigenvalue weighted by Gasteiger charge is -2.14. The van der Waals surface area contributed by atoms with Gasteiger partial charge in [0.25, 0.3) is 0 Å². The van der Waals surface area contributed by atoms with E-state index in [1.807, 2.05) is 30.5 Å². The second-order valence-corrected chi connectivity index (χ2v) is 7.90. The molecular formula is C28H27NO3. The monoisotopic (exact) mass is 425 g/mol. The van der Waals surface area contributed by atoms with Crippen LogP contribution in [0.15, 0.2) is 79.0 Å². The first-order valence-corrected chi connectivity index (χ1v) is 11.0. The van der Waals surface area contributed by atoms with Crippen LogP contribution in [0.25, 0.3) is 21.9 Å². The van der Waals surface area contributed by atoms with Crippen molar-refractivity contribution in [2.75, 3.05) is 6.61 Å². The summed E-state index contributed by atoms with van der Waals surface area (Å²) in [6.07, 6.45) is 4.23. The van der Waals surface area contributed by atoms with Crippen LogP contribution in [0.4, 0.5) is 0 Å². The maximum atomic E-state index is 11.0. The zero-order valence-electron chi connectivity index (χ0n) is 18.3. The Morgan fingerprint density at radius 1 is 0.906 bits per heavy atom. The SMILES string of the molecule is CCc1ccc(CCOc2ccc(CCC(=O)O)cc2-c2ccc3ccccc3c2)nc1. The number of benzene rings is 3. The van der Waals surface area contributed by atoms with Gasteiger partial charge < -0.3 is 9.84 Å². The second-order valence-electron chi connectivity index (χ2n) is 7.90. The van der Waals surface area contributed by atoms with Crippen LogP contribution < -0.4 is 4.74 Å². The van der Waals surface area contributed by atoms with E-state index in [1.165, 1.54) is 10.9 Å². The Bertz CT molecular complexity index is 1220. The van der Waals surface area contributed by atoms with Gasteiger partial charge in [-0.1, -0.05) is 55.5 Å². The molecule has 1 aromatic heterocycles. The molecule has 0 spiro atoms. The van der Waals surface area contributed by atoms with Gasteiger partial charge in [0, 0.05) is 30.3 Å². The lowest BCUT2D eigenvalue weighted by Crippen LogP contribution is -2.05. The summed E-state index contributed by atoms with van der Waals surface area (Å²) in [7, 11) is 0. The first-order valence-electron chi connectivity index (χ1n) is 11.0. The zero-order valence-corrected chi connectivity index (χ0v) is 18.3. The zero-order chi connectivity index (χ0) is 22.3. The van der Waals surface area contributed by atoms with Crippen molar-refractivity contribution < 1.29 is 14.6 Å². The molecule has 0 aliphatic rings. The van der Waals surface area contributed by atoms with Crippen molar-refractivity contribution in [1.82, 2.24) is 4.98 Å². The number of nitrogens with zero attached hydrogens (tertiary/aromatic N) is 1. The van der Waals surface area contributed by atoms with E-state index in [-0.39, 0.29) is 6.42 Å². The van der Waals surface area contributed by atoms with Crippen molar-refractivity contribution in [1.29, 1.82) is 0 Å². The molecule has 0 aliphatic heterocycles. The van der Waals surface area contributed by atoms with Crippen LogP contribution >= 0.6 is 0 Å². The van der Waals surface area contributed by atoms with Gasteiger partial charge >= 0.3 is 5.97 Å². The maximum Gasteiger partial charge on any atom is 0.303 e. The molecule has 0 saturated heterocycles. The maximum absolute atomic E-state index is 11.0. The van der Waals surface area contributed by atoms with Crippen molar-refractivity contribution in [2.24, 2.45) is 0 Å². The summed E-state index contributed by atoms with van der Waals surface area (Å²) in [5.41, 5.74) is 5.26. The third-order valence-electron chi connectivity index (χ3n) is 5.64. The van der Waals surface area contributed by atoms with E-state index >= 15 is 0 Å². The molecule has 4 rings (SSSR count). The summed E-state index contributed by atoms with van der Waals surface area (Å²) in [5.74, 6) is 0.00343. The number of carboxylic acids is 1. The summed E-state index contributed by atoms with van der Waals surface area (Å²) in [4.78, 5) is 15.5. The molecule has 32 heavy (non-hydrogen) atoms. The van der Waals surface area contributed by atoms with Gasteiger partial charge in [-0.05, 0) is 64.6 Å². The number of carbonyl (C=O) groups is 1. The number of aromatic nitrogens is 1. The van der Waals surface area contributed by atoms with Crippen molar-refractivity contribution >= 4 is 16.7 Å². The third kappa shape index (κ3) is 5.33. The summed E-state index contributed by atoms with van der Waals surface area (Å²) >= 11 is 0. The fourth-order valence-electron chi connectivity index (χ4n) is 3.77. The van der Waals surface area contributed by atoms with E-state index in [0.717, 1.165) is 46.4 Å². The normalized spacial score (nSPS) is 10.9. The smallest absolute Gasteiger partial charge is 0.303 e. The van der Waals surface area contributed by atoms with Crippen molar-refractivity contribution in [3.05, 3.63) is 95.8 Å². The van der Waals surface area contributed by atoms with E-state index in [2.05, 4.69) is 60.4 Å². The Balaban J connectivity index is 1.58. The lowest BCUT2D eigenvalue weighted by atomic mass is 9.97. The van der Waals surface area contributed by atoms with Crippen molar-refractivity contribution in [2.45, 2.75) is 32.6 Å². The quantitative estimate of drug-likeness (QED) is 0.352. The molecule has 0 atom stereocenters. The first-order chi connectivity index (χ1) is 15.6. The van der Waals surface area contributed by atoms with E-state index < -0.39 is 5.97 Å². The van der Waals surface area contributed by atoms with Gasteiger partial charge in [-0.25, -0.2) is 0 Å². The highest BCUT2D eigenvalue weighted by atomic mass is 16.5. The molecule has 3 aromatic carbocycles. The van der Waals surface area contributed by atoms with Crippen LogP contribution in [-0.2, 0) is 24.1 Å². The van der Waals surface area contributed by atoms with E-state index in [4.69, 9.17) is 9.84 Å². The molecular weight excluding hydrogens is 398 g/mol. The highest BCUT2D eigenvalue weighted by molar-refractivity contribution is 5.88. The molecule has 4 nitrogen and oxygen atoms in total. The van der Waals surface area contributed by atoms with Crippen LogP contribution in [-0.4, -0.2) is 22.7 Å². The summed E-state index contributed by atoms with van der Waals surface area (Å²) < 4.78 is 6.19. The molecule has 0 amide bonds. The molecule has 4 aromatic rings. The van der Waals surface area contributed by atoms with Crippen LogP contribution in [0, 0.1) is 0 Å². The van der Waals surface area contributed by atoms with Gasteiger partial charge in [-0.2, -0.15) is 0 Å². The van der Waals surface area contributed by atoms with Gasteiger partial charge in [0.05, 0.1) is 6.61 Å². The highest BCUT2D eigenvalue weighted by Crippen LogP contribution is 2.33. The summed E-state index contributed by atoms with van der Waals surface area (Å²) in [5, 5.41) is 11.4. The average molecular weight is 426 g/mol. The van der Waals surface area contributed by atoms with E-state index in [1.54, 1.807) is 0 Å². The van der Waals surface area contributed by atoms with Gasteiger partial charge in [0.15, 0.2) is 0 Å². The Morgan fingerprint density at radius 3 is 2.47 bits per heavy atom. The number of fused-ring (bicyclic) bond motifs is 1. The van der Waals surface area contributed by atoms with Crippen LogP contribution in [0.2, 0.25) is 0 Å². The average Bonchev–Trinajstić information content (AvgIpc) is 2.83. The molecule has 0 radical (unpaired) electrons. The molecule has 0 aliphatic carbocycles. The summed E-state index contributed by atoms with van der Waals surface area (Å²) in [6.45, 7) is 2.64. The number of ether oxygens (including phenoxy) is 1. The van der Waals surface area contributed by atoms with Gasteiger partial charge in [0.1, 0.15) is 5.75 Å². The van der Waals surface area contributed by atoms with Crippen LogP contribution in [0.1, 0.15) is 30.2 Å². The number of carboxylic acid groups (broad SMARTS) is 1. The number of hydrogen-bond acceptors (Lipinski definition) is 3. The number of aliphatic carboxylic acids is 1. The molecule has 4 heteroatoms. The highest BCUT2D eigenvalue weighted by Gasteiger charge is 2.10. The minimum absolute atomic E-state index is 0.108. The molecule has 0 fully saturated rings. The first kappa shape index (κ1) is 21.6. The Labute approximate surface area is 188 Å². The fraction of sp³-hybridized carbons (Fsp3) is 0.214. The van der Waals surface area contributed by atoms with Crippen molar-refractivity contribution in [3.63, 3.8) is 0 Å². The van der Waals surface area contributed by atoms with Crippen molar-refractivity contribution in [3.8, 4) is 16.9 Å². The molecule has 162 valence electrons. The second kappa shape index (κ2) is 10.1. The predicted molar refractivity (Wildman–Crippen MR) is 128 cm³/mol. The molecule has 0 saturated carbocycles. The lowest BCUT2D eigenvalue weighted by molar-refractivity contribution is -0.136. The minimum Gasteiger partial charge on any atom is -0.493 e. The van der Waals surface area contributed by atoms with Crippen LogP contribution in [0.5, 0.6) is 5.75 Å². The fourth-order valence-corrected chi connectivity index (χ4v) is 3.77. The molecule has 0 bridgehead atoms. The molecule has 1 heterocycles. The topological polar surface area (TPSA) is 59.4 Å². The Morgan fingerprint density at radius 2 is 1.72 bits per heavy atom. The number of pyridine rings is 1. The van der Waals surface area contributed by atoms with E-state index in [0.29, 0.717) is 13.0 Å². The third-order valence-corrected chi connectivity index (χ3v) is 5.64. The van der Waals surface area contributed by atoms with Gasteiger partial charge in [-0.15, -0.1) is 0 Å². The summed E-state index contributed by atoms with van der Waals surface area (Å²) in [6, 6.07) is 24.7. The number of hydrogen-bond donors (Lipinski definition) is 1. The van der Waals surface area contributed by atoms with E-state index in [9.17, 15) is 4.79 Å². The number of rotatable bonds is 9. The Kier molecular flexibility index (Phi) is 6.81. The van der Waals surface area contributed by atoms with Gasteiger partial charge in [0.2, 0.25) is 0 Å². The molecule has 1 N–H and O–H groups in total. The predicted octanol–water partition coefficient (Wildman–Crippen LogP) is 6.10. The minimum atomic E-state index is -0.792. The Hall–Kier alpha value is -3.66. The van der Waals surface area contributed by atoms with Gasteiger partial charge in [-0.3, -0.25) is 9.78 Å².